The molecule has 156 valence electrons. The number of aromatic nitrogens is 2. The van der Waals surface area contributed by atoms with Crippen molar-refractivity contribution in [2.45, 2.75) is 20.8 Å². The lowest BCUT2D eigenvalue weighted by molar-refractivity contribution is 0.0952. The van der Waals surface area contributed by atoms with Crippen molar-refractivity contribution in [3.63, 3.8) is 0 Å². The molecule has 4 aromatic rings. The van der Waals surface area contributed by atoms with Crippen molar-refractivity contribution >= 4 is 22.9 Å². The van der Waals surface area contributed by atoms with Gasteiger partial charge in [0.15, 0.2) is 0 Å². The first-order chi connectivity index (χ1) is 15.0. The third-order valence-corrected chi connectivity index (χ3v) is 5.28. The Morgan fingerprint density at radius 3 is 2.52 bits per heavy atom. The molecular weight excluding hydrogens is 388 g/mol. The van der Waals surface area contributed by atoms with Crippen LogP contribution in [-0.2, 0) is 0 Å². The van der Waals surface area contributed by atoms with E-state index in [1.165, 1.54) is 0 Å². The highest BCUT2D eigenvalue weighted by molar-refractivity contribution is 6.02. The highest BCUT2D eigenvalue weighted by atomic mass is 16.5. The number of rotatable bonds is 5. The van der Waals surface area contributed by atoms with Crippen molar-refractivity contribution in [3.05, 3.63) is 88.9 Å². The van der Waals surface area contributed by atoms with Gasteiger partial charge in [-0.25, -0.2) is 10.4 Å². The molecule has 0 aliphatic rings. The molecule has 0 bridgehead atoms. The number of aryl methyl sites for hydroxylation is 2. The van der Waals surface area contributed by atoms with Crippen LogP contribution >= 0.6 is 0 Å². The molecule has 0 fully saturated rings. The van der Waals surface area contributed by atoms with E-state index in [-0.39, 0.29) is 5.91 Å². The summed E-state index contributed by atoms with van der Waals surface area (Å²) in [7, 11) is 1.55. The Morgan fingerprint density at radius 1 is 1.06 bits per heavy atom. The number of carbonyl (C=O) groups excluding carboxylic acids is 1. The van der Waals surface area contributed by atoms with Crippen molar-refractivity contribution in [1.29, 1.82) is 0 Å². The number of nitrogens with zero attached hydrogens (tertiary/aromatic N) is 3. The van der Waals surface area contributed by atoms with Gasteiger partial charge in [-0.05, 0) is 67.4 Å². The molecule has 0 atom stereocenters. The Balaban J connectivity index is 1.57. The van der Waals surface area contributed by atoms with E-state index in [1.807, 2.05) is 75.4 Å². The Morgan fingerprint density at radius 2 is 1.81 bits per heavy atom. The van der Waals surface area contributed by atoms with Crippen LogP contribution in [0.15, 0.2) is 65.9 Å². The second-order valence-corrected chi connectivity index (χ2v) is 7.45. The summed E-state index contributed by atoms with van der Waals surface area (Å²) in [5.74, 6) is 1.04. The fourth-order valence-corrected chi connectivity index (χ4v) is 3.70. The average Bonchev–Trinajstić information content (AvgIpc) is 3.05. The smallest absolute Gasteiger partial charge is 0.275 e. The molecule has 2 aromatic heterocycles. The number of fused-ring (bicyclic) bond motifs is 1. The van der Waals surface area contributed by atoms with Crippen LogP contribution in [0.1, 0.15) is 32.9 Å². The normalized spacial score (nSPS) is 11.2. The monoisotopic (exact) mass is 412 g/mol. The minimum absolute atomic E-state index is 0.326. The lowest BCUT2D eigenvalue weighted by Crippen LogP contribution is -2.18. The highest BCUT2D eigenvalue weighted by Gasteiger charge is 2.14. The fraction of sp³-hybridized carbons (Fsp3) is 0.160. The van der Waals surface area contributed by atoms with Crippen LogP contribution in [0.4, 0.5) is 0 Å². The number of benzene rings is 2. The molecule has 0 saturated carbocycles. The SMILES string of the molecule is COc1cc2ccccc2cc1C(=O)NN=Cc1cc(C)n(-c2cc(C)ccn2)c1C. The van der Waals surface area contributed by atoms with Gasteiger partial charge in [0.05, 0.1) is 18.9 Å². The Hall–Kier alpha value is -3.93. The van der Waals surface area contributed by atoms with Crippen LogP contribution in [-0.4, -0.2) is 28.8 Å². The van der Waals surface area contributed by atoms with Gasteiger partial charge in [-0.3, -0.25) is 4.79 Å². The summed E-state index contributed by atoms with van der Waals surface area (Å²) in [5.41, 5.74) is 7.15. The van der Waals surface area contributed by atoms with Crippen molar-refractivity contribution in [1.82, 2.24) is 15.0 Å². The maximum atomic E-state index is 12.8. The number of hydrazone groups is 1. The maximum Gasteiger partial charge on any atom is 0.275 e. The van der Waals surface area contributed by atoms with Crippen LogP contribution in [0.5, 0.6) is 5.75 Å². The van der Waals surface area contributed by atoms with Gasteiger partial charge in [0.2, 0.25) is 0 Å². The second kappa shape index (κ2) is 8.44. The molecule has 0 spiro atoms. The van der Waals surface area contributed by atoms with E-state index < -0.39 is 0 Å². The van der Waals surface area contributed by atoms with E-state index in [4.69, 9.17) is 4.74 Å². The molecule has 0 unspecified atom stereocenters. The fourth-order valence-electron chi connectivity index (χ4n) is 3.70. The van der Waals surface area contributed by atoms with Crippen molar-refractivity contribution in [2.75, 3.05) is 7.11 Å². The molecule has 0 radical (unpaired) electrons. The summed E-state index contributed by atoms with van der Waals surface area (Å²) in [6.45, 7) is 6.07. The third-order valence-electron chi connectivity index (χ3n) is 5.28. The number of hydrogen-bond donors (Lipinski definition) is 1. The minimum Gasteiger partial charge on any atom is -0.496 e. The number of pyridine rings is 1. The zero-order valence-corrected chi connectivity index (χ0v) is 18.0. The van der Waals surface area contributed by atoms with Crippen molar-refractivity contribution in [2.24, 2.45) is 5.10 Å². The van der Waals surface area contributed by atoms with Gasteiger partial charge in [-0.2, -0.15) is 5.10 Å². The average molecular weight is 412 g/mol. The first-order valence-corrected chi connectivity index (χ1v) is 10.00. The van der Waals surface area contributed by atoms with Crippen LogP contribution in [0.3, 0.4) is 0 Å². The summed E-state index contributed by atoms with van der Waals surface area (Å²) in [6, 6.07) is 17.5. The molecule has 1 N–H and O–H groups in total. The number of nitrogens with one attached hydrogen (secondary N) is 1. The molecule has 0 aliphatic carbocycles. The van der Waals surface area contributed by atoms with E-state index in [1.54, 1.807) is 19.5 Å². The lowest BCUT2D eigenvalue weighted by Gasteiger charge is -2.09. The van der Waals surface area contributed by atoms with E-state index >= 15 is 0 Å². The molecule has 0 aliphatic heterocycles. The van der Waals surface area contributed by atoms with Crippen molar-refractivity contribution in [3.8, 4) is 11.6 Å². The predicted octanol–water partition coefficient (Wildman–Crippen LogP) is 4.72. The van der Waals surface area contributed by atoms with Gasteiger partial charge in [0.1, 0.15) is 11.6 Å². The number of hydrogen-bond acceptors (Lipinski definition) is 4. The van der Waals surface area contributed by atoms with Gasteiger partial charge in [0.25, 0.3) is 5.91 Å². The van der Waals surface area contributed by atoms with Gasteiger partial charge in [0, 0.05) is 23.1 Å². The molecule has 6 nitrogen and oxygen atoms in total. The van der Waals surface area contributed by atoms with Crippen LogP contribution in [0, 0.1) is 20.8 Å². The first kappa shape index (κ1) is 20.3. The van der Waals surface area contributed by atoms with E-state index in [2.05, 4.69) is 20.1 Å². The maximum absolute atomic E-state index is 12.8. The zero-order chi connectivity index (χ0) is 22.0. The van der Waals surface area contributed by atoms with Gasteiger partial charge < -0.3 is 9.30 Å². The van der Waals surface area contributed by atoms with Gasteiger partial charge >= 0.3 is 0 Å². The number of ether oxygens (including phenoxy) is 1. The minimum atomic E-state index is -0.326. The zero-order valence-electron chi connectivity index (χ0n) is 18.0. The summed E-state index contributed by atoms with van der Waals surface area (Å²) < 4.78 is 7.48. The van der Waals surface area contributed by atoms with Gasteiger partial charge in [-0.1, -0.05) is 24.3 Å². The number of amides is 1. The largest absolute Gasteiger partial charge is 0.496 e. The number of carbonyl (C=O) groups is 1. The Bertz CT molecular complexity index is 1300. The van der Waals surface area contributed by atoms with E-state index in [9.17, 15) is 4.79 Å². The van der Waals surface area contributed by atoms with E-state index in [0.717, 1.165) is 39.1 Å². The quantitative estimate of drug-likeness (QED) is 0.381. The number of methoxy groups -OCH3 is 1. The van der Waals surface area contributed by atoms with Crippen LogP contribution in [0.2, 0.25) is 0 Å². The van der Waals surface area contributed by atoms with Crippen LogP contribution < -0.4 is 10.2 Å². The first-order valence-electron chi connectivity index (χ1n) is 10.00. The molecular formula is C25H24N4O2. The standard InChI is InChI=1S/C25H24N4O2/c1-16-9-10-26-24(11-16)29-17(2)12-21(18(29)3)15-27-28-25(30)22-13-19-7-5-6-8-20(19)14-23(22)31-4/h5-15H,1-4H3,(H,28,30). The predicted molar refractivity (Wildman–Crippen MR) is 123 cm³/mol. The molecule has 0 saturated heterocycles. The third kappa shape index (κ3) is 4.05. The summed E-state index contributed by atoms with van der Waals surface area (Å²) in [4.78, 5) is 17.2. The molecule has 4 rings (SSSR count). The van der Waals surface area contributed by atoms with Crippen LogP contribution in [0.25, 0.3) is 16.6 Å². The molecule has 6 heteroatoms. The Kier molecular flexibility index (Phi) is 5.54. The summed E-state index contributed by atoms with van der Waals surface area (Å²) >= 11 is 0. The molecule has 2 heterocycles. The van der Waals surface area contributed by atoms with Gasteiger partial charge in [-0.15, -0.1) is 0 Å². The second-order valence-electron chi connectivity index (χ2n) is 7.45. The van der Waals surface area contributed by atoms with E-state index in [0.29, 0.717) is 11.3 Å². The molecule has 31 heavy (non-hydrogen) atoms. The Labute approximate surface area is 181 Å². The van der Waals surface area contributed by atoms with Crippen molar-refractivity contribution < 1.29 is 9.53 Å². The molecule has 1 amide bonds. The molecule has 2 aromatic carbocycles. The lowest BCUT2D eigenvalue weighted by atomic mass is 10.1. The highest BCUT2D eigenvalue weighted by Crippen LogP contribution is 2.26. The summed E-state index contributed by atoms with van der Waals surface area (Å²) in [6.07, 6.45) is 3.45. The topological polar surface area (TPSA) is 68.5 Å². The summed E-state index contributed by atoms with van der Waals surface area (Å²) in [5, 5.41) is 6.16.